The molecule has 0 unspecified atom stereocenters. The summed E-state index contributed by atoms with van der Waals surface area (Å²) in [5.74, 6) is 1.96. The predicted molar refractivity (Wildman–Crippen MR) is 102 cm³/mol. The molecule has 1 heterocycles. The van der Waals surface area contributed by atoms with Gasteiger partial charge in [0.1, 0.15) is 5.75 Å². The first-order chi connectivity index (χ1) is 12.2. The molecule has 130 valence electrons. The van der Waals surface area contributed by atoms with Crippen LogP contribution in [0.1, 0.15) is 15.9 Å². The summed E-state index contributed by atoms with van der Waals surface area (Å²) in [7, 11) is 1.58. The van der Waals surface area contributed by atoms with Gasteiger partial charge >= 0.3 is 4.87 Å². The number of hydrogen-bond donors (Lipinski definition) is 1. The molecule has 1 N–H and O–H groups in total. The van der Waals surface area contributed by atoms with E-state index < -0.39 is 0 Å². The van der Waals surface area contributed by atoms with E-state index in [2.05, 4.69) is 4.98 Å². The number of methoxy groups -OCH3 is 1. The fourth-order valence-corrected chi connectivity index (χ4v) is 3.93. The Kier molecular flexibility index (Phi) is 5.91. The molecule has 2 aromatic carbocycles. The van der Waals surface area contributed by atoms with Gasteiger partial charge in [0, 0.05) is 18.4 Å². The summed E-state index contributed by atoms with van der Waals surface area (Å²) in [5.41, 5.74) is 2.54. The molecule has 25 heavy (non-hydrogen) atoms. The summed E-state index contributed by atoms with van der Waals surface area (Å²) in [6.07, 6.45) is 0. The second kappa shape index (κ2) is 8.33. The molecule has 0 radical (unpaired) electrons. The monoisotopic (exact) mass is 375 g/mol. The van der Waals surface area contributed by atoms with E-state index in [9.17, 15) is 9.59 Å². The first-order valence-electron chi connectivity index (χ1n) is 7.60. The zero-order valence-electron chi connectivity index (χ0n) is 13.6. The smallest absolute Gasteiger partial charge is 0.305 e. The average Bonchev–Trinajstić information content (AvgIpc) is 3.00. The Morgan fingerprint density at radius 1 is 1.20 bits per heavy atom. The van der Waals surface area contributed by atoms with Gasteiger partial charge in [-0.3, -0.25) is 9.59 Å². The molecule has 3 rings (SSSR count). The van der Waals surface area contributed by atoms with Crippen molar-refractivity contribution in [1.82, 2.24) is 4.98 Å². The first-order valence-corrected chi connectivity index (χ1v) is 9.57. The SMILES string of the molecule is COCOc1ccc(CSCC(=O)c2ccc3[nH]c(=O)sc3c2)cc1. The molecule has 0 saturated heterocycles. The lowest BCUT2D eigenvalue weighted by Gasteiger charge is -2.06. The standard InChI is InChI=1S/C18H17NO4S2/c1-22-11-23-14-5-2-12(3-6-14)9-24-10-16(20)13-4-7-15-17(8-13)25-18(21)19-15/h2-8H,9-11H2,1H3,(H,19,21). The summed E-state index contributed by atoms with van der Waals surface area (Å²) in [4.78, 5) is 26.3. The third kappa shape index (κ3) is 4.72. The average molecular weight is 375 g/mol. The van der Waals surface area contributed by atoms with Crippen LogP contribution in [0.3, 0.4) is 0 Å². The Morgan fingerprint density at radius 3 is 2.76 bits per heavy atom. The number of aromatic nitrogens is 1. The Hall–Kier alpha value is -2.09. The number of aromatic amines is 1. The minimum absolute atomic E-state index is 0.0628. The number of ether oxygens (including phenoxy) is 2. The van der Waals surface area contributed by atoms with Gasteiger partial charge in [0.25, 0.3) is 0 Å². The zero-order valence-corrected chi connectivity index (χ0v) is 15.2. The number of hydrogen-bond acceptors (Lipinski definition) is 6. The van der Waals surface area contributed by atoms with Crippen molar-refractivity contribution < 1.29 is 14.3 Å². The molecule has 5 nitrogen and oxygen atoms in total. The third-order valence-corrected chi connectivity index (χ3v) is 5.36. The van der Waals surface area contributed by atoms with Gasteiger partial charge in [-0.1, -0.05) is 23.5 Å². The Labute approximate surface area is 153 Å². The van der Waals surface area contributed by atoms with Crippen LogP contribution >= 0.6 is 23.1 Å². The van der Waals surface area contributed by atoms with Crippen molar-refractivity contribution in [2.75, 3.05) is 19.7 Å². The fourth-order valence-electron chi connectivity index (χ4n) is 2.27. The number of rotatable bonds is 8. The van der Waals surface area contributed by atoms with E-state index in [0.717, 1.165) is 38.6 Å². The van der Waals surface area contributed by atoms with E-state index in [1.165, 1.54) is 0 Å². The lowest BCUT2D eigenvalue weighted by atomic mass is 10.1. The van der Waals surface area contributed by atoms with E-state index in [1.807, 2.05) is 24.3 Å². The number of thioether (sulfide) groups is 1. The van der Waals surface area contributed by atoms with Crippen LogP contribution < -0.4 is 9.61 Å². The Bertz CT molecular complexity index is 915. The number of benzene rings is 2. The van der Waals surface area contributed by atoms with Crippen LogP contribution in [0.5, 0.6) is 5.75 Å². The van der Waals surface area contributed by atoms with Gasteiger partial charge in [-0.2, -0.15) is 0 Å². The summed E-state index contributed by atoms with van der Waals surface area (Å²) in [6.45, 7) is 0.225. The number of thiazole rings is 1. The fraction of sp³-hybridized carbons (Fsp3) is 0.222. The molecule has 1 aromatic heterocycles. The molecule has 0 aliphatic carbocycles. The van der Waals surface area contributed by atoms with Gasteiger partial charge < -0.3 is 14.5 Å². The minimum atomic E-state index is -0.105. The number of carbonyl (C=O) groups excluding carboxylic acids is 1. The van der Waals surface area contributed by atoms with Gasteiger partial charge in [-0.25, -0.2) is 0 Å². The number of ketones is 1. The highest BCUT2D eigenvalue weighted by atomic mass is 32.2. The number of carbonyl (C=O) groups is 1. The molecule has 3 aromatic rings. The number of H-pyrrole nitrogens is 1. The normalized spacial score (nSPS) is 10.9. The lowest BCUT2D eigenvalue weighted by molar-refractivity contribution is 0.0511. The topological polar surface area (TPSA) is 68.4 Å². The van der Waals surface area contributed by atoms with Gasteiger partial charge in [0.2, 0.25) is 0 Å². The minimum Gasteiger partial charge on any atom is -0.468 e. The summed E-state index contributed by atoms with van der Waals surface area (Å²) in [5, 5.41) is 0. The van der Waals surface area contributed by atoms with Crippen molar-refractivity contribution >= 4 is 39.1 Å². The Morgan fingerprint density at radius 2 is 2.00 bits per heavy atom. The molecule has 0 aliphatic heterocycles. The quantitative estimate of drug-likeness (QED) is 0.480. The van der Waals surface area contributed by atoms with Crippen LogP contribution in [0.15, 0.2) is 47.3 Å². The van der Waals surface area contributed by atoms with Crippen LogP contribution in [0.4, 0.5) is 0 Å². The molecule has 7 heteroatoms. The number of fused-ring (bicyclic) bond motifs is 1. The van der Waals surface area contributed by atoms with Crippen molar-refractivity contribution in [3.8, 4) is 5.75 Å². The second-order valence-electron chi connectivity index (χ2n) is 5.34. The largest absolute Gasteiger partial charge is 0.468 e. The van der Waals surface area contributed by atoms with Crippen LogP contribution in [-0.4, -0.2) is 30.4 Å². The van der Waals surface area contributed by atoms with E-state index in [4.69, 9.17) is 9.47 Å². The van der Waals surface area contributed by atoms with E-state index in [1.54, 1.807) is 37.1 Å². The predicted octanol–water partition coefficient (Wildman–Crippen LogP) is 3.69. The van der Waals surface area contributed by atoms with E-state index >= 15 is 0 Å². The van der Waals surface area contributed by atoms with Crippen molar-refractivity contribution in [3.63, 3.8) is 0 Å². The first kappa shape index (κ1) is 17.7. The molecule has 0 bridgehead atoms. The van der Waals surface area contributed by atoms with Gasteiger partial charge in [-0.05, 0) is 35.9 Å². The molecule has 0 saturated carbocycles. The highest BCUT2D eigenvalue weighted by Crippen LogP contribution is 2.20. The highest BCUT2D eigenvalue weighted by molar-refractivity contribution is 7.99. The zero-order chi connectivity index (χ0) is 17.6. The van der Waals surface area contributed by atoms with Crippen molar-refractivity contribution in [2.45, 2.75) is 5.75 Å². The highest BCUT2D eigenvalue weighted by Gasteiger charge is 2.09. The molecule has 0 aliphatic rings. The second-order valence-corrected chi connectivity index (χ2v) is 7.34. The van der Waals surface area contributed by atoms with Gasteiger partial charge in [0.15, 0.2) is 12.6 Å². The van der Waals surface area contributed by atoms with Crippen molar-refractivity contribution in [3.05, 3.63) is 63.3 Å². The van der Waals surface area contributed by atoms with Crippen LogP contribution in [0, 0.1) is 0 Å². The maximum atomic E-state index is 12.3. The van der Waals surface area contributed by atoms with Gasteiger partial charge in [0.05, 0.1) is 16.0 Å². The van der Waals surface area contributed by atoms with Crippen LogP contribution in [0.2, 0.25) is 0 Å². The van der Waals surface area contributed by atoms with Crippen molar-refractivity contribution in [2.24, 2.45) is 0 Å². The summed E-state index contributed by atoms with van der Waals surface area (Å²) < 4.78 is 11.0. The molecular weight excluding hydrogens is 358 g/mol. The number of Topliss-reactive ketones (excluding diaryl/α,β-unsaturated/α-hetero) is 1. The van der Waals surface area contributed by atoms with E-state index in [-0.39, 0.29) is 17.4 Å². The summed E-state index contributed by atoms with van der Waals surface area (Å²) in [6, 6.07) is 13.1. The summed E-state index contributed by atoms with van der Waals surface area (Å²) >= 11 is 2.68. The Balaban J connectivity index is 1.53. The molecule has 0 atom stereocenters. The maximum absolute atomic E-state index is 12.3. The van der Waals surface area contributed by atoms with E-state index in [0.29, 0.717) is 11.3 Å². The third-order valence-electron chi connectivity index (χ3n) is 3.51. The van der Waals surface area contributed by atoms with Crippen LogP contribution in [0.25, 0.3) is 10.2 Å². The molecular formula is C18H17NO4S2. The molecule has 0 spiro atoms. The number of nitrogens with one attached hydrogen (secondary N) is 1. The van der Waals surface area contributed by atoms with Crippen LogP contribution in [-0.2, 0) is 10.5 Å². The van der Waals surface area contributed by atoms with Crippen molar-refractivity contribution in [1.29, 1.82) is 0 Å². The lowest BCUT2D eigenvalue weighted by Crippen LogP contribution is -2.02. The maximum Gasteiger partial charge on any atom is 0.305 e. The molecule has 0 fully saturated rings. The molecule has 0 amide bonds. The van der Waals surface area contributed by atoms with Gasteiger partial charge in [-0.15, -0.1) is 11.8 Å².